The molecule has 0 aliphatic carbocycles. The smallest absolute Gasteiger partial charge is 0.355 e. The molecule has 0 saturated carbocycles. The third-order valence-corrected chi connectivity index (χ3v) is 5.65. The summed E-state index contributed by atoms with van der Waals surface area (Å²) in [6, 6.07) is 5.04. The molecule has 2 aliphatic heterocycles. The van der Waals surface area contributed by atoms with Gasteiger partial charge in [-0.2, -0.15) is 0 Å². The van der Waals surface area contributed by atoms with E-state index in [1.165, 1.54) is 47.9 Å². The van der Waals surface area contributed by atoms with Crippen LogP contribution in [-0.4, -0.2) is 44.8 Å². The Hall–Kier alpha value is -2.88. The van der Waals surface area contributed by atoms with Crippen molar-refractivity contribution in [2.75, 3.05) is 5.75 Å². The number of nitro groups is 1. The Kier molecular flexibility index (Phi) is 5.17. The van der Waals surface area contributed by atoms with E-state index in [9.17, 15) is 24.5 Å². The van der Waals surface area contributed by atoms with Gasteiger partial charge in [0.1, 0.15) is 23.7 Å². The van der Waals surface area contributed by atoms with E-state index < -0.39 is 16.9 Å². The fourth-order valence-electron chi connectivity index (χ4n) is 2.91. The lowest BCUT2D eigenvalue weighted by Gasteiger charge is -2.49. The predicted molar refractivity (Wildman–Crippen MR) is 96.3 cm³/mol. The summed E-state index contributed by atoms with van der Waals surface area (Å²) in [7, 11) is 0. The first-order valence-electron chi connectivity index (χ1n) is 8.11. The second-order valence-corrected chi connectivity index (χ2v) is 7.32. The number of fused-ring (bicyclic) bond motifs is 1. The number of esters is 1. The number of β-lactam (4-membered cyclic amide) rings is 1. The van der Waals surface area contributed by atoms with E-state index in [1.807, 2.05) is 0 Å². The van der Waals surface area contributed by atoms with Crippen LogP contribution in [0.25, 0.3) is 0 Å². The number of benzene rings is 1. The monoisotopic (exact) mass is 391 g/mol. The highest BCUT2D eigenvalue weighted by atomic mass is 32.2. The number of nitrogens with zero attached hydrogens (tertiary/aromatic N) is 2. The summed E-state index contributed by atoms with van der Waals surface area (Å²) in [5.41, 5.74) is 1.47. The average molecular weight is 391 g/mol. The molecular formula is C17H17N3O6S. The first-order chi connectivity index (χ1) is 12.8. The van der Waals surface area contributed by atoms with Crippen LogP contribution in [0, 0.1) is 10.1 Å². The number of carbonyl (C=O) groups excluding carboxylic acids is 3. The summed E-state index contributed by atoms with van der Waals surface area (Å²) in [4.78, 5) is 47.7. The fraction of sp³-hybridized carbons (Fsp3) is 0.353. The van der Waals surface area contributed by atoms with Crippen LogP contribution >= 0.6 is 11.8 Å². The molecule has 2 amide bonds. The Morgan fingerprint density at radius 1 is 1.37 bits per heavy atom. The molecule has 10 heteroatoms. The molecule has 0 bridgehead atoms. The van der Waals surface area contributed by atoms with Gasteiger partial charge in [0, 0.05) is 24.8 Å². The van der Waals surface area contributed by atoms with Gasteiger partial charge in [-0.25, -0.2) is 4.79 Å². The lowest BCUT2D eigenvalue weighted by atomic mass is 10.0. The van der Waals surface area contributed by atoms with Gasteiger partial charge in [-0.15, -0.1) is 11.8 Å². The van der Waals surface area contributed by atoms with Gasteiger partial charge in [0.05, 0.1) is 4.92 Å². The van der Waals surface area contributed by atoms with Crippen LogP contribution < -0.4 is 5.32 Å². The molecule has 1 saturated heterocycles. The van der Waals surface area contributed by atoms with Crippen LogP contribution in [0.4, 0.5) is 5.69 Å². The summed E-state index contributed by atoms with van der Waals surface area (Å²) in [6.45, 7) is 3.02. The van der Waals surface area contributed by atoms with Gasteiger partial charge in [0.2, 0.25) is 5.91 Å². The Bertz CT molecular complexity index is 851. The number of nitro benzene ring substituents is 1. The normalized spacial score (nSPS) is 21.3. The lowest BCUT2D eigenvalue weighted by molar-refractivity contribution is -0.384. The molecule has 1 unspecified atom stereocenters. The molecule has 1 aromatic carbocycles. The maximum Gasteiger partial charge on any atom is 0.355 e. The predicted octanol–water partition coefficient (Wildman–Crippen LogP) is 1.33. The second-order valence-electron chi connectivity index (χ2n) is 6.22. The molecule has 27 heavy (non-hydrogen) atoms. The average Bonchev–Trinajstić information content (AvgIpc) is 2.64. The molecule has 0 radical (unpaired) electrons. The number of non-ortho nitro benzene ring substituents is 1. The topological polar surface area (TPSA) is 119 Å². The standard InChI is InChI=1S/C17H17N3O6S/c1-9-8-27-16-13(18-10(2)21)15(22)19(16)14(9)17(23)26-7-11-3-5-12(6-4-11)20(24)25/h3-6,13,16H,7-8H2,1-2H3,(H,18,21)/t13?,16-/m0/s1. The highest BCUT2D eigenvalue weighted by molar-refractivity contribution is 8.00. The van der Waals surface area contributed by atoms with Gasteiger partial charge in [-0.1, -0.05) is 0 Å². The molecular weight excluding hydrogens is 374 g/mol. The van der Waals surface area contributed by atoms with Crippen LogP contribution in [0.5, 0.6) is 0 Å². The van der Waals surface area contributed by atoms with Crippen LogP contribution in [0.1, 0.15) is 19.4 Å². The van der Waals surface area contributed by atoms with Gasteiger partial charge in [-0.05, 0) is 30.2 Å². The number of hydrogen-bond donors (Lipinski definition) is 1. The zero-order valence-corrected chi connectivity index (χ0v) is 15.4. The summed E-state index contributed by atoms with van der Waals surface area (Å²) in [5, 5.41) is 12.9. The first kappa shape index (κ1) is 18.9. The van der Waals surface area contributed by atoms with Gasteiger partial charge in [0.25, 0.3) is 11.6 Å². The van der Waals surface area contributed by atoms with Crippen LogP contribution in [0.3, 0.4) is 0 Å². The number of nitrogens with one attached hydrogen (secondary N) is 1. The van der Waals surface area contributed by atoms with Gasteiger partial charge in [-0.3, -0.25) is 24.6 Å². The molecule has 1 aromatic rings. The van der Waals surface area contributed by atoms with E-state index in [4.69, 9.17) is 4.74 Å². The summed E-state index contributed by atoms with van der Waals surface area (Å²) >= 11 is 1.48. The van der Waals surface area contributed by atoms with Gasteiger partial charge < -0.3 is 10.1 Å². The number of amides is 2. The van der Waals surface area contributed by atoms with E-state index in [1.54, 1.807) is 6.92 Å². The molecule has 3 rings (SSSR count). The minimum Gasteiger partial charge on any atom is -0.456 e. The molecule has 0 spiro atoms. The third-order valence-electron chi connectivity index (χ3n) is 4.23. The van der Waals surface area contributed by atoms with E-state index >= 15 is 0 Å². The van der Waals surface area contributed by atoms with E-state index in [0.717, 1.165) is 5.57 Å². The van der Waals surface area contributed by atoms with Crippen molar-refractivity contribution in [1.82, 2.24) is 10.2 Å². The molecule has 142 valence electrons. The van der Waals surface area contributed by atoms with Gasteiger partial charge >= 0.3 is 5.97 Å². The second kappa shape index (κ2) is 7.39. The summed E-state index contributed by atoms with van der Waals surface area (Å²) in [6.07, 6.45) is 0. The van der Waals surface area contributed by atoms with E-state index in [-0.39, 0.29) is 35.2 Å². The van der Waals surface area contributed by atoms with E-state index in [2.05, 4.69) is 5.32 Å². The summed E-state index contributed by atoms with van der Waals surface area (Å²) < 4.78 is 5.30. The zero-order chi connectivity index (χ0) is 19.7. The van der Waals surface area contributed by atoms with Crippen LogP contribution in [0.2, 0.25) is 0 Å². The highest BCUT2D eigenvalue weighted by Gasteiger charge is 2.53. The largest absolute Gasteiger partial charge is 0.456 e. The molecule has 2 aliphatic rings. The highest BCUT2D eigenvalue weighted by Crippen LogP contribution is 2.40. The minimum absolute atomic E-state index is 0.0500. The number of ether oxygens (including phenoxy) is 1. The molecule has 1 N–H and O–H groups in total. The zero-order valence-electron chi connectivity index (χ0n) is 14.6. The molecule has 9 nitrogen and oxygen atoms in total. The van der Waals surface area contributed by atoms with Crippen LogP contribution in [-0.2, 0) is 25.7 Å². The number of thioether (sulfide) groups is 1. The molecule has 2 atom stereocenters. The molecule has 2 heterocycles. The van der Waals surface area contributed by atoms with Crippen molar-refractivity contribution < 1.29 is 24.0 Å². The van der Waals surface area contributed by atoms with Crippen molar-refractivity contribution in [3.05, 3.63) is 51.2 Å². The SMILES string of the molecule is CC(=O)NC1C(=O)N2C(C(=O)OCc3ccc([N+](=O)[O-])cc3)=C(C)CS[C@@H]12. The third kappa shape index (κ3) is 3.65. The van der Waals surface area contributed by atoms with E-state index in [0.29, 0.717) is 11.3 Å². The number of rotatable bonds is 5. The van der Waals surface area contributed by atoms with Crippen molar-refractivity contribution in [1.29, 1.82) is 0 Å². The van der Waals surface area contributed by atoms with Crippen molar-refractivity contribution in [2.24, 2.45) is 0 Å². The molecule has 1 fully saturated rings. The minimum atomic E-state index is -0.641. The fourth-order valence-corrected chi connectivity index (χ4v) is 4.21. The number of hydrogen-bond acceptors (Lipinski definition) is 7. The summed E-state index contributed by atoms with van der Waals surface area (Å²) in [5.74, 6) is -0.732. The quantitative estimate of drug-likeness (QED) is 0.348. The van der Waals surface area contributed by atoms with Crippen molar-refractivity contribution in [3.63, 3.8) is 0 Å². The molecule has 0 aromatic heterocycles. The Morgan fingerprint density at radius 2 is 2.04 bits per heavy atom. The van der Waals surface area contributed by atoms with Crippen molar-refractivity contribution in [3.8, 4) is 0 Å². The Balaban J connectivity index is 1.67. The number of carbonyl (C=O) groups is 3. The van der Waals surface area contributed by atoms with Gasteiger partial charge in [0.15, 0.2) is 0 Å². The van der Waals surface area contributed by atoms with Crippen molar-refractivity contribution in [2.45, 2.75) is 31.9 Å². The van der Waals surface area contributed by atoms with Crippen molar-refractivity contribution >= 4 is 35.2 Å². The van der Waals surface area contributed by atoms with Crippen LogP contribution in [0.15, 0.2) is 35.5 Å². The maximum absolute atomic E-state index is 12.5. The maximum atomic E-state index is 12.5. The first-order valence-corrected chi connectivity index (χ1v) is 9.16. The Labute approximate surface area is 158 Å². The lowest BCUT2D eigenvalue weighted by Crippen LogP contribution is -2.70. The Morgan fingerprint density at radius 3 is 2.63 bits per heavy atom.